The van der Waals surface area contributed by atoms with Gasteiger partial charge in [-0.2, -0.15) is 0 Å². The van der Waals surface area contributed by atoms with Crippen LogP contribution in [0.15, 0.2) is 58.2 Å². The summed E-state index contributed by atoms with van der Waals surface area (Å²) < 4.78 is 15.8. The van der Waals surface area contributed by atoms with Crippen LogP contribution >= 0.6 is 11.8 Å². The van der Waals surface area contributed by atoms with Crippen LogP contribution in [0, 0.1) is 0 Å². The summed E-state index contributed by atoms with van der Waals surface area (Å²) in [6.07, 6.45) is -0.894. The van der Waals surface area contributed by atoms with E-state index in [9.17, 15) is 9.59 Å². The maximum atomic E-state index is 12.1. The van der Waals surface area contributed by atoms with Gasteiger partial charge >= 0.3 is 5.97 Å². The second kappa shape index (κ2) is 9.27. The zero-order valence-electron chi connectivity index (χ0n) is 15.5. The summed E-state index contributed by atoms with van der Waals surface area (Å²) in [7, 11) is 1.59. The highest BCUT2D eigenvalue weighted by Gasteiger charge is 2.18. The summed E-state index contributed by atoms with van der Waals surface area (Å²) in [6.45, 7) is 1.87. The van der Waals surface area contributed by atoms with Crippen molar-refractivity contribution in [3.63, 3.8) is 0 Å². The molecule has 0 radical (unpaired) electrons. The summed E-state index contributed by atoms with van der Waals surface area (Å²) in [6, 6.07) is 14.7. The molecule has 0 spiro atoms. The van der Waals surface area contributed by atoms with E-state index in [1.807, 2.05) is 42.5 Å². The molecule has 3 aromatic rings. The Kier molecular flexibility index (Phi) is 6.54. The smallest absolute Gasteiger partial charge is 0.317 e. The first-order valence-electron chi connectivity index (χ1n) is 8.63. The first-order valence-corrected chi connectivity index (χ1v) is 9.62. The van der Waals surface area contributed by atoms with E-state index in [1.54, 1.807) is 13.2 Å². The zero-order chi connectivity index (χ0) is 19.9. The maximum absolute atomic E-state index is 12.1. The van der Waals surface area contributed by atoms with E-state index in [1.165, 1.54) is 6.92 Å². The fraction of sp³-hybridized carbons (Fsp3) is 0.250. The van der Waals surface area contributed by atoms with Crippen molar-refractivity contribution in [2.24, 2.45) is 0 Å². The van der Waals surface area contributed by atoms with Crippen molar-refractivity contribution in [2.45, 2.75) is 24.8 Å². The number of ether oxygens (including phenoxy) is 2. The van der Waals surface area contributed by atoms with Gasteiger partial charge in [-0.05, 0) is 36.8 Å². The summed E-state index contributed by atoms with van der Waals surface area (Å²) in [5.41, 5.74) is 2.30. The first-order chi connectivity index (χ1) is 13.5. The lowest BCUT2D eigenvalue weighted by molar-refractivity contribution is -0.152. The molecule has 1 amide bonds. The van der Waals surface area contributed by atoms with E-state index in [-0.39, 0.29) is 11.7 Å². The molecule has 0 aliphatic heterocycles. The number of para-hydroxylation sites is 2. The number of amides is 1. The molecule has 28 heavy (non-hydrogen) atoms. The number of fused-ring (bicyclic) bond motifs is 1. The fourth-order valence-electron chi connectivity index (χ4n) is 2.39. The Morgan fingerprint density at radius 3 is 2.64 bits per heavy atom. The maximum Gasteiger partial charge on any atom is 0.317 e. The van der Waals surface area contributed by atoms with Crippen molar-refractivity contribution in [1.29, 1.82) is 0 Å². The number of carbonyl (C=O) groups is 2. The zero-order valence-corrected chi connectivity index (χ0v) is 16.3. The van der Waals surface area contributed by atoms with Gasteiger partial charge in [0.1, 0.15) is 17.0 Å². The Labute approximate surface area is 166 Å². The first kappa shape index (κ1) is 19.8. The van der Waals surface area contributed by atoms with Crippen LogP contribution in [0.3, 0.4) is 0 Å². The number of hydrogen-bond acceptors (Lipinski definition) is 7. The van der Waals surface area contributed by atoms with Gasteiger partial charge in [0.15, 0.2) is 11.7 Å². The van der Waals surface area contributed by atoms with Gasteiger partial charge < -0.3 is 19.2 Å². The predicted molar refractivity (Wildman–Crippen MR) is 105 cm³/mol. The Balaban J connectivity index is 1.42. The number of esters is 1. The molecule has 0 saturated heterocycles. The quantitative estimate of drug-likeness (QED) is 0.459. The fourth-order valence-corrected chi connectivity index (χ4v) is 3.02. The minimum Gasteiger partial charge on any atom is -0.497 e. The number of oxazole rings is 1. The van der Waals surface area contributed by atoms with Crippen LogP contribution in [-0.4, -0.2) is 35.8 Å². The number of rotatable bonds is 8. The monoisotopic (exact) mass is 400 g/mol. The predicted octanol–water partition coefficient (Wildman–Crippen LogP) is 3.18. The third-order valence-corrected chi connectivity index (χ3v) is 4.69. The average Bonchev–Trinajstić information content (AvgIpc) is 3.14. The second-order valence-electron chi connectivity index (χ2n) is 5.93. The lowest BCUT2D eigenvalue weighted by Gasteiger charge is -2.13. The molecule has 0 bridgehead atoms. The molecule has 0 unspecified atom stereocenters. The van der Waals surface area contributed by atoms with Crippen molar-refractivity contribution in [1.82, 2.24) is 10.3 Å². The SMILES string of the molecule is COc1ccc(CNC(=O)[C@@H](C)OC(=O)CSc2nc3ccccc3o2)cc1. The molecule has 0 aliphatic carbocycles. The highest BCUT2D eigenvalue weighted by molar-refractivity contribution is 7.99. The molecule has 0 saturated carbocycles. The molecular weight excluding hydrogens is 380 g/mol. The summed E-state index contributed by atoms with van der Waals surface area (Å²) in [4.78, 5) is 28.4. The number of carbonyl (C=O) groups excluding carboxylic acids is 2. The summed E-state index contributed by atoms with van der Waals surface area (Å²) in [5.74, 6) is -0.132. The minimum absolute atomic E-state index is 0.00290. The molecule has 146 valence electrons. The van der Waals surface area contributed by atoms with Gasteiger partial charge in [-0.3, -0.25) is 9.59 Å². The van der Waals surface area contributed by atoms with Crippen LogP contribution in [0.1, 0.15) is 12.5 Å². The van der Waals surface area contributed by atoms with Crippen molar-refractivity contribution >= 4 is 34.7 Å². The van der Waals surface area contributed by atoms with Gasteiger partial charge in [-0.15, -0.1) is 0 Å². The minimum atomic E-state index is -0.894. The number of aromatic nitrogens is 1. The van der Waals surface area contributed by atoms with Gasteiger partial charge in [0, 0.05) is 6.54 Å². The normalized spacial score (nSPS) is 11.8. The van der Waals surface area contributed by atoms with Gasteiger partial charge in [-0.25, -0.2) is 4.98 Å². The van der Waals surface area contributed by atoms with Crippen LogP contribution in [0.2, 0.25) is 0 Å². The molecule has 1 heterocycles. The van der Waals surface area contributed by atoms with E-state index in [2.05, 4.69) is 10.3 Å². The lowest BCUT2D eigenvalue weighted by atomic mass is 10.2. The van der Waals surface area contributed by atoms with Crippen LogP contribution in [0.5, 0.6) is 5.75 Å². The van der Waals surface area contributed by atoms with Crippen LogP contribution in [-0.2, 0) is 20.9 Å². The molecule has 1 N–H and O–H groups in total. The van der Waals surface area contributed by atoms with Crippen LogP contribution in [0.4, 0.5) is 0 Å². The van der Waals surface area contributed by atoms with Gasteiger partial charge in [0.05, 0.1) is 7.11 Å². The highest BCUT2D eigenvalue weighted by atomic mass is 32.2. The molecule has 3 rings (SSSR count). The third-order valence-electron chi connectivity index (χ3n) is 3.89. The van der Waals surface area contributed by atoms with Crippen molar-refractivity contribution in [2.75, 3.05) is 12.9 Å². The van der Waals surface area contributed by atoms with Gasteiger partial charge in [0.25, 0.3) is 11.1 Å². The molecule has 1 atom stereocenters. The van der Waals surface area contributed by atoms with E-state index >= 15 is 0 Å². The Morgan fingerprint density at radius 2 is 1.93 bits per heavy atom. The number of hydrogen-bond donors (Lipinski definition) is 1. The van der Waals surface area contributed by atoms with Gasteiger partial charge in [0.2, 0.25) is 0 Å². The van der Waals surface area contributed by atoms with E-state index in [0.29, 0.717) is 17.4 Å². The van der Waals surface area contributed by atoms with E-state index in [0.717, 1.165) is 28.6 Å². The topological polar surface area (TPSA) is 90.7 Å². The molecule has 0 fully saturated rings. The lowest BCUT2D eigenvalue weighted by Crippen LogP contribution is -2.35. The molecule has 1 aromatic heterocycles. The van der Waals surface area contributed by atoms with Gasteiger partial charge in [-0.1, -0.05) is 36.0 Å². The number of methoxy groups -OCH3 is 1. The Bertz CT molecular complexity index is 922. The second-order valence-corrected chi connectivity index (χ2v) is 6.86. The Morgan fingerprint density at radius 1 is 1.18 bits per heavy atom. The van der Waals surface area contributed by atoms with E-state index < -0.39 is 12.1 Å². The molecule has 7 nitrogen and oxygen atoms in total. The molecular formula is C20H20N2O5S. The molecule has 0 aliphatic rings. The summed E-state index contributed by atoms with van der Waals surface area (Å²) in [5, 5.41) is 3.12. The number of nitrogens with one attached hydrogen (secondary N) is 1. The number of thioether (sulfide) groups is 1. The van der Waals surface area contributed by atoms with E-state index in [4.69, 9.17) is 13.9 Å². The molecule has 2 aromatic carbocycles. The van der Waals surface area contributed by atoms with Crippen molar-refractivity contribution in [3.05, 3.63) is 54.1 Å². The number of benzene rings is 2. The average molecular weight is 400 g/mol. The Hall–Kier alpha value is -3.00. The molecule has 8 heteroatoms. The van der Waals surface area contributed by atoms with Crippen molar-refractivity contribution < 1.29 is 23.5 Å². The third kappa shape index (κ3) is 5.26. The number of nitrogens with zero attached hydrogens (tertiary/aromatic N) is 1. The van der Waals surface area contributed by atoms with Crippen LogP contribution < -0.4 is 10.1 Å². The van der Waals surface area contributed by atoms with Crippen LogP contribution in [0.25, 0.3) is 11.1 Å². The highest BCUT2D eigenvalue weighted by Crippen LogP contribution is 2.23. The van der Waals surface area contributed by atoms with Crippen molar-refractivity contribution in [3.8, 4) is 5.75 Å². The summed E-state index contributed by atoms with van der Waals surface area (Å²) >= 11 is 1.13. The largest absolute Gasteiger partial charge is 0.497 e. The standard InChI is InChI=1S/C20H20N2O5S/c1-13(19(24)21-11-14-7-9-15(25-2)10-8-14)26-18(23)12-28-20-22-16-5-3-4-6-17(16)27-20/h3-10,13H,11-12H2,1-2H3,(H,21,24)/t13-/m1/s1.